The van der Waals surface area contributed by atoms with Gasteiger partial charge < -0.3 is 10.6 Å². The molecule has 3 heterocycles. The number of aryl methyl sites for hydroxylation is 1. The number of nitrogens with zero attached hydrogens (tertiary/aromatic N) is 4. The fourth-order valence-electron chi connectivity index (χ4n) is 3.93. The standard InChI is InChI=1S/C22H27N5O/c1-4-27-20-17(13-24-27)16(12-18(25-20)15-8-6-5-7-9-15)21(28)26-11-10-19(23)22(2,3)14-26/h5-9,12-13,19H,4,10-11,14,23H2,1-3H3. The van der Waals surface area contributed by atoms with Crippen molar-refractivity contribution in [3.8, 4) is 11.3 Å². The molecule has 6 heteroatoms. The number of carbonyl (C=O) groups is 1. The van der Waals surface area contributed by atoms with Crippen LogP contribution in [0.3, 0.4) is 0 Å². The van der Waals surface area contributed by atoms with Crippen molar-refractivity contribution in [2.45, 2.75) is 39.8 Å². The van der Waals surface area contributed by atoms with Gasteiger partial charge in [0.25, 0.3) is 5.91 Å². The molecule has 1 aliphatic heterocycles. The predicted molar refractivity (Wildman–Crippen MR) is 111 cm³/mol. The fourth-order valence-corrected chi connectivity index (χ4v) is 3.93. The van der Waals surface area contributed by atoms with E-state index in [9.17, 15) is 4.79 Å². The molecule has 1 unspecified atom stereocenters. The van der Waals surface area contributed by atoms with Crippen LogP contribution in [0.5, 0.6) is 0 Å². The molecule has 1 fully saturated rings. The third kappa shape index (κ3) is 3.18. The number of amides is 1. The summed E-state index contributed by atoms with van der Waals surface area (Å²) in [5, 5.41) is 5.25. The summed E-state index contributed by atoms with van der Waals surface area (Å²) in [7, 11) is 0. The van der Waals surface area contributed by atoms with Crippen molar-refractivity contribution in [2.24, 2.45) is 11.1 Å². The number of pyridine rings is 1. The van der Waals surface area contributed by atoms with Crippen molar-refractivity contribution in [1.29, 1.82) is 0 Å². The molecule has 0 saturated carbocycles. The Morgan fingerprint density at radius 2 is 2.04 bits per heavy atom. The Balaban J connectivity index is 1.81. The van der Waals surface area contributed by atoms with Crippen LogP contribution in [0.25, 0.3) is 22.3 Å². The van der Waals surface area contributed by atoms with E-state index >= 15 is 0 Å². The van der Waals surface area contributed by atoms with Crippen LogP contribution in [0.1, 0.15) is 37.6 Å². The molecule has 146 valence electrons. The fraction of sp³-hybridized carbons (Fsp3) is 0.409. The van der Waals surface area contributed by atoms with Crippen LogP contribution in [0, 0.1) is 5.41 Å². The molecule has 0 spiro atoms. The van der Waals surface area contributed by atoms with Crippen LogP contribution < -0.4 is 5.73 Å². The maximum absolute atomic E-state index is 13.5. The van der Waals surface area contributed by atoms with Crippen LogP contribution >= 0.6 is 0 Å². The SMILES string of the molecule is CCn1ncc2c(C(=O)N3CCC(N)C(C)(C)C3)cc(-c3ccccc3)nc21. The normalized spacial score (nSPS) is 19.1. The van der Waals surface area contributed by atoms with Gasteiger partial charge in [-0.05, 0) is 24.8 Å². The van der Waals surface area contributed by atoms with Crippen LogP contribution in [0.4, 0.5) is 0 Å². The molecule has 1 atom stereocenters. The summed E-state index contributed by atoms with van der Waals surface area (Å²) in [6.07, 6.45) is 2.57. The Morgan fingerprint density at radius 3 is 2.71 bits per heavy atom. The van der Waals surface area contributed by atoms with Crippen molar-refractivity contribution in [3.63, 3.8) is 0 Å². The van der Waals surface area contributed by atoms with Crippen LogP contribution in [0.15, 0.2) is 42.6 Å². The maximum Gasteiger partial charge on any atom is 0.254 e. The molecule has 1 aromatic carbocycles. The van der Waals surface area contributed by atoms with E-state index in [1.165, 1.54) is 0 Å². The first kappa shape index (κ1) is 18.6. The second-order valence-electron chi connectivity index (χ2n) is 8.23. The molecule has 1 aliphatic rings. The molecule has 2 aromatic heterocycles. The third-order valence-corrected chi connectivity index (χ3v) is 5.81. The van der Waals surface area contributed by atoms with Gasteiger partial charge in [0.2, 0.25) is 0 Å². The third-order valence-electron chi connectivity index (χ3n) is 5.81. The van der Waals surface area contributed by atoms with Crippen LogP contribution in [-0.2, 0) is 6.54 Å². The van der Waals surface area contributed by atoms with Gasteiger partial charge in [0.15, 0.2) is 5.65 Å². The van der Waals surface area contributed by atoms with E-state index in [2.05, 4.69) is 18.9 Å². The summed E-state index contributed by atoms with van der Waals surface area (Å²) < 4.78 is 1.84. The summed E-state index contributed by atoms with van der Waals surface area (Å²) in [6.45, 7) is 8.32. The van der Waals surface area contributed by atoms with Gasteiger partial charge in [0, 0.05) is 31.2 Å². The van der Waals surface area contributed by atoms with Gasteiger partial charge >= 0.3 is 0 Å². The molecule has 6 nitrogen and oxygen atoms in total. The van der Waals surface area contributed by atoms with Crippen LogP contribution in [0.2, 0.25) is 0 Å². The van der Waals surface area contributed by atoms with Crippen molar-refractivity contribution in [2.75, 3.05) is 13.1 Å². The van der Waals surface area contributed by atoms with E-state index in [0.29, 0.717) is 25.2 Å². The van der Waals surface area contributed by atoms with Gasteiger partial charge in [-0.1, -0.05) is 44.2 Å². The van der Waals surface area contributed by atoms with Gasteiger partial charge in [-0.3, -0.25) is 4.79 Å². The first-order chi connectivity index (χ1) is 13.4. The Labute approximate surface area is 165 Å². The van der Waals surface area contributed by atoms with Crippen LogP contribution in [-0.4, -0.2) is 44.7 Å². The number of piperidine rings is 1. The maximum atomic E-state index is 13.5. The average molecular weight is 377 g/mol. The number of hydrogen-bond donors (Lipinski definition) is 1. The molecule has 1 saturated heterocycles. The molecule has 0 bridgehead atoms. The summed E-state index contributed by atoms with van der Waals surface area (Å²) in [4.78, 5) is 20.3. The lowest BCUT2D eigenvalue weighted by Crippen LogP contribution is -2.54. The number of hydrogen-bond acceptors (Lipinski definition) is 4. The van der Waals surface area contributed by atoms with E-state index in [1.54, 1.807) is 6.20 Å². The molecule has 28 heavy (non-hydrogen) atoms. The minimum Gasteiger partial charge on any atom is -0.338 e. The average Bonchev–Trinajstić information content (AvgIpc) is 3.12. The first-order valence-electron chi connectivity index (χ1n) is 9.87. The zero-order chi connectivity index (χ0) is 19.9. The second kappa shape index (κ2) is 7.02. The number of likely N-dealkylation sites (tertiary alicyclic amines) is 1. The Hall–Kier alpha value is -2.73. The molecule has 0 aliphatic carbocycles. The summed E-state index contributed by atoms with van der Waals surface area (Å²) in [5.74, 6) is 0.0280. The number of benzene rings is 1. The monoisotopic (exact) mass is 377 g/mol. The molecule has 3 aromatic rings. The lowest BCUT2D eigenvalue weighted by Gasteiger charge is -2.42. The molecule has 1 amide bonds. The lowest BCUT2D eigenvalue weighted by molar-refractivity contribution is 0.0535. The second-order valence-corrected chi connectivity index (χ2v) is 8.23. The van der Waals surface area contributed by atoms with E-state index in [4.69, 9.17) is 10.7 Å². The Bertz CT molecular complexity index is 1010. The minimum atomic E-state index is -0.101. The highest BCUT2D eigenvalue weighted by molar-refractivity contribution is 6.06. The molecule has 0 radical (unpaired) electrons. The van der Waals surface area contributed by atoms with Gasteiger partial charge in [-0.25, -0.2) is 9.67 Å². The number of fused-ring (bicyclic) bond motifs is 1. The van der Waals surface area contributed by atoms with Gasteiger partial charge in [-0.2, -0.15) is 5.10 Å². The Morgan fingerprint density at radius 1 is 1.29 bits per heavy atom. The van der Waals surface area contributed by atoms with Gasteiger partial charge in [0.1, 0.15) is 0 Å². The topological polar surface area (TPSA) is 77.0 Å². The smallest absolute Gasteiger partial charge is 0.254 e. The highest BCUT2D eigenvalue weighted by Gasteiger charge is 2.36. The molecular formula is C22H27N5O. The number of aromatic nitrogens is 3. The summed E-state index contributed by atoms with van der Waals surface area (Å²) >= 11 is 0. The number of carbonyl (C=O) groups excluding carboxylic acids is 1. The van der Waals surface area contributed by atoms with Crippen molar-refractivity contribution in [1.82, 2.24) is 19.7 Å². The van der Waals surface area contributed by atoms with Crippen molar-refractivity contribution < 1.29 is 4.79 Å². The van der Waals surface area contributed by atoms with Crippen molar-refractivity contribution >= 4 is 16.9 Å². The number of rotatable bonds is 3. The van der Waals surface area contributed by atoms with Gasteiger partial charge in [0.05, 0.1) is 22.8 Å². The quantitative estimate of drug-likeness (QED) is 0.760. The van der Waals surface area contributed by atoms with E-state index in [0.717, 1.165) is 28.7 Å². The summed E-state index contributed by atoms with van der Waals surface area (Å²) in [5.41, 5.74) is 9.36. The highest BCUT2D eigenvalue weighted by Crippen LogP contribution is 2.31. The van der Waals surface area contributed by atoms with E-state index < -0.39 is 0 Å². The molecular weight excluding hydrogens is 350 g/mol. The molecule has 4 rings (SSSR count). The highest BCUT2D eigenvalue weighted by atomic mass is 16.2. The van der Waals surface area contributed by atoms with E-state index in [1.807, 2.05) is 52.9 Å². The lowest BCUT2D eigenvalue weighted by atomic mass is 9.79. The minimum absolute atomic E-state index is 0.0280. The van der Waals surface area contributed by atoms with Crippen molar-refractivity contribution in [3.05, 3.63) is 48.2 Å². The predicted octanol–water partition coefficient (Wildman–Crippen LogP) is 3.32. The zero-order valence-corrected chi connectivity index (χ0v) is 16.7. The number of nitrogens with two attached hydrogens (primary N) is 1. The first-order valence-corrected chi connectivity index (χ1v) is 9.87. The molecule has 2 N–H and O–H groups in total. The van der Waals surface area contributed by atoms with Gasteiger partial charge in [-0.15, -0.1) is 0 Å². The van der Waals surface area contributed by atoms with E-state index in [-0.39, 0.29) is 17.4 Å². The zero-order valence-electron chi connectivity index (χ0n) is 16.7. The largest absolute Gasteiger partial charge is 0.338 e. The Kier molecular flexibility index (Phi) is 4.67. The summed E-state index contributed by atoms with van der Waals surface area (Å²) in [6, 6.07) is 12.0.